The van der Waals surface area contributed by atoms with E-state index in [-0.39, 0.29) is 11.4 Å². The maximum Gasteiger partial charge on any atom is 0.354 e. The van der Waals surface area contributed by atoms with Crippen LogP contribution in [0.5, 0.6) is 0 Å². The van der Waals surface area contributed by atoms with Gasteiger partial charge in [0.15, 0.2) is 11.5 Å². The lowest BCUT2D eigenvalue weighted by Crippen LogP contribution is -2.09. The van der Waals surface area contributed by atoms with Crippen LogP contribution < -0.4 is 0 Å². The molecule has 0 radical (unpaired) electrons. The zero-order valence-electron chi connectivity index (χ0n) is 10.2. The summed E-state index contributed by atoms with van der Waals surface area (Å²) in [7, 11) is 0. The molecule has 3 aromatic rings. The zero-order valence-corrected chi connectivity index (χ0v) is 10.2. The minimum absolute atomic E-state index is 0.0720. The molecular formula is C14H9FN2O3. The Labute approximate surface area is 112 Å². The van der Waals surface area contributed by atoms with Crippen LogP contribution >= 0.6 is 0 Å². The smallest absolute Gasteiger partial charge is 0.354 e. The summed E-state index contributed by atoms with van der Waals surface area (Å²) in [5.41, 5.74) is 0.264. The molecule has 2 aromatic heterocycles. The highest BCUT2D eigenvalue weighted by Crippen LogP contribution is 2.23. The third-order valence-corrected chi connectivity index (χ3v) is 2.78. The number of aromatic nitrogens is 2. The normalized spacial score (nSPS) is 10.7. The monoisotopic (exact) mass is 272 g/mol. The summed E-state index contributed by atoms with van der Waals surface area (Å²) in [6.07, 6.45) is 1.46. The van der Waals surface area contributed by atoms with E-state index in [9.17, 15) is 14.3 Å². The van der Waals surface area contributed by atoms with E-state index >= 15 is 0 Å². The minimum atomic E-state index is -1.20. The maximum atomic E-state index is 13.8. The Hall–Kier alpha value is -2.89. The van der Waals surface area contributed by atoms with E-state index in [4.69, 9.17) is 4.42 Å². The Morgan fingerprint density at radius 2 is 2.05 bits per heavy atom. The molecule has 0 amide bonds. The molecule has 0 unspecified atom stereocenters. The molecule has 3 rings (SSSR count). The number of carboxylic acids is 1. The molecule has 0 spiro atoms. The van der Waals surface area contributed by atoms with Gasteiger partial charge in [-0.2, -0.15) is 5.10 Å². The second kappa shape index (κ2) is 4.65. The number of benzene rings is 1. The molecule has 0 saturated heterocycles. The number of halogens is 1. The lowest BCUT2D eigenvalue weighted by atomic mass is 10.3. The Bertz CT molecular complexity index is 763. The zero-order chi connectivity index (χ0) is 14.1. The van der Waals surface area contributed by atoms with Crippen LogP contribution in [-0.4, -0.2) is 20.9 Å². The first-order chi connectivity index (χ1) is 9.66. The van der Waals surface area contributed by atoms with Crippen molar-refractivity contribution in [3.63, 3.8) is 0 Å². The molecule has 0 aliphatic rings. The topological polar surface area (TPSA) is 68.3 Å². The molecule has 0 saturated carbocycles. The van der Waals surface area contributed by atoms with Gasteiger partial charge in [-0.15, -0.1) is 0 Å². The number of furan rings is 1. The number of carbonyl (C=O) groups is 1. The van der Waals surface area contributed by atoms with Gasteiger partial charge in [0, 0.05) is 6.07 Å². The standard InChI is InChI=1S/C14H9FN2O3/c15-9-4-1-2-5-11(9)17-12(14(18)19)8-10(16-17)13-6-3-7-20-13/h1-8H,(H,18,19). The van der Waals surface area contributed by atoms with E-state index in [1.807, 2.05) is 0 Å². The SMILES string of the molecule is O=C(O)c1cc(-c2ccco2)nn1-c1ccccc1F. The van der Waals surface area contributed by atoms with Gasteiger partial charge in [-0.1, -0.05) is 12.1 Å². The van der Waals surface area contributed by atoms with Crippen LogP contribution in [0, 0.1) is 5.82 Å². The van der Waals surface area contributed by atoms with Crippen LogP contribution in [0.15, 0.2) is 53.1 Å². The fourth-order valence-electron chi connectivity index (χ4n) is 1.89. The molecule has 5 nitrogen and oxygen atoms in total. The number of aromatic carboxylic acids is 1. The highest BCUT2D eigenvalue weighted by atomic mass is 19.1. The Kier molecular flexibility index (Phi) is 2.83. The van der Waals surface area contributed by atoms with Crippen LogP contribution in [0.25, 0.3) is 17.1 Å². The van der Waals surface area contributed by atoms with E-state index in [1.165, 1.54) is 30.5 Å². The van der Waals surface area contributed by atoms with Crippen molar-refractivity contribution in [2.75, 3.05) is 0 Å². The van der Waals surface area contributed by atoms with Gasteiger partial charge in [-0.05, 0) is 24.3 Å². The van der Waals surface area contributed by atoms with Crippen LogP contribution in [0.4, 0.5) is 4.39 Å². The number of carboxylic acid groups (broad SMARTS) is 1. The van der Waals surface area contributed by atoms with Crippen molar-refractivity contribution in [3.8, 4) is 17.1 Å². The van der Waals surface area contributed by atoms with Crippen LogP contribution in [0.2, 0.25) is 0 Å². The van der Waals surface area contributed by atoms with Crippen molar-refractivity contribution in [1.82, 2.24) is 9.78 Å². The Morgan fingerprint density at radius 1 is 1.25 bits per heavy atom. The fraction of sp³-hybridized carbons (Fsp3) is 0. The molecule has 6 heteroatoms. The molecule has 0 bridgehead atoms. The Balaban J connectivity index is 2.20. The van der Waals surface area contributed by atoms with Crippen molar-refractivity contribution in [2.45, 2.75) is 0 Å². The van der Waals surface area contributed by atoms with Crippen LogP contribution in [0.1, 0.15) is 10.5 Å². The minimum Gasteiger partial charge on any atom is -0.477 e. The summed E-state index contributed by atoms with van der Waals surface area (Å²) in [6, 6.07) is 10.5. The van der Waals surface area contributed by atoms with Gasteiger partial charge in [0.2, 0.25) is 0 Å². The number of hydrogen-bond acceptors (Lipinski definition) is 3. The number of nitrogens with zero attached hydrogens (tertiary/aromatic N) is 2. The third-order valence-electron chi connectivity index (χ3n) is 2.78. The van der Waals surface area contributed by atoms with E-state index in [1.54, 1.807) is 18.2 Å². The molecule has 20 heavy (non-hydrogen) atoms. The van der Waals surface area contributed by atoms with Crippen molar-refractivity contribution < 1.29 is 18.7 Å². The number of rotatable bonds is 3. The third kappa shape index (κ3) is 1.97. The van der Waals surface area contributed by atoms with Gasteiger partial charge < -0.3 is 9.52 Å². The molecule has 2 heterocycles. The molecule has 0 aliphatic carbocycles. The van der Waals surface area contributed by atoms with E-state index < -0.39 is 11.8 Å². The molecular weight excluding hydrogens is 263 g/mol. The predicted octanol–water partition coefficient (Wildman–Crippen LogP) is 2.97. The van der Waals surface area contributed by atoms with Crippen molar-refractivity contribution in [2.24, 2.45) is 0 Å². The number of para-hydroxylation sites is 1. The first-order valence-electron chi connectivity index (χ1n) is 5.79. The fourth-order valence-corrected chi connectivity index (χ4v) is 1.89. The van der Waals surface area contributed by atoms with Crippen LogP contribution in [-0.2, 0) is 0 Å². The first kappa shape index (κ1) is 12.2. The Morgan fingerprint density at radius 3 is 2.70 bits per heavy atom. The summed E-state index contributed by atoms with van der Waals surface area (Å²) in [6.45, 7) is 0. The summed E-state index contributed by atoms with van der Waals surface area (Å²) in [4.78, 5) is 11.3. The van der Waals surface area contributed by atoms with Crippen LogP contribution in [0.3, 0.4) is 0 Å². The second-order valence-electron chi connectivity index (χ2n) is 4.06. The molecule has 0 atom stereocenters. The van der Waals surface area contributed by atoms with Gasteiger partial charge >= 0.3 is 5.97 Å². The van der Waals surface area contributed by atoms with Gasteiger partial charge in [-0.3, -0.25) is 0 Å². The van der Waals surface area contributed by atoms with Crippen molar-refractivity contribution >= 4 is 5.97 Å². The first-order valence-corrected chi connectivity index (χ1v) is 5.79. The molecule has 0 aliphatic heterocycles. The maximum absolute atomic E-state index is 13.8. The summed E-state index contributed by atoms with van der Waals surface area (Å²) < 4.78 is 20.0. The highest BCUT2D eigenvalue weighted by Gasteiger charge is 2.19. The molecule has 0 fully saturated rings. The van der Waals surface area contributed by atoms with Gasteiger partial charge in [0.1, 0.15) is 17.2 Å². The van der Waals surface area contributed by atoms with Gasteiger partial charge in [-0.25, -0.2) is 13.9 Å². The summed E-state index contributed by atoms with van der Waals surface area (Å²) >= 11 is 0. The van der Waals surface area contributed by atoms with Crippen molar-refractivity contribution in [1.29, 1.82) is 0 Å². The van der Waals surface area contributed by atoms with E-state index in [0.29, 0.717) is 11.5 Å². The van der Waals surface area contributed by atoms with Gasteiger partial charge in [0.05, 0.1) is 6.26 Å². The quantitative estimate of drug-likeness (QED) is 0.795. The lowest BCUT2D eigenvalue weighted by molar-refractivity contribution is 0.0687. The van der Waals surface area contributed by atoms with E-state index in [0.717, 1.165) is 4.68 Å². The average molecular weight is 272 g/mol. The van der Waals surface area contributed by atoms with Crippen molar-refractivity contribution in [3.05, 3.63) is 60.2 Å². The molecule has 100 valence electrons. The second-order valence-corrected chi connectivity index (χ2v) is 4.06. The summed E-state index contributed by atoms with van der Waals surface area (Å²) in [5.74, 6) is -1.33. The average Bonchev–Trinajstić information content (AvgIpc) is 3.08. The van der Waals surface area contributed by atoms with Gasteiger partial charge in [0.25, 0.3) is 0 Å². The van der Waals surface area contributed by atoms with E-state index in [2.05, 4.69) is 5.10 Å². The summed E-state index contributed by atoms with van der Waals surface area (Å²) in [5, 5.41) is 13.3. The predicted molar refractivity (Wildman–Crippen MR) is 68.2 cm³/mol. The largest absolute Gasteiger partial charge is 0.477 e. The highest BCUT2D eigenvalue weighted by molar-refractivity contribution is 5.87. The molecule has 1 N–H and O–H groups in total. The molecule has 1 aromatic carbocycles. The number of hydrogen-bond donors (Lipinski definition) is 1. The lowest BCUT2D eigenvalue weighted by Gasteiger charge is -2.04.